The first-order valence-corrected chi connectivity index (χ1v) is 9.19. The van der Waals surface area contributed by atoms with Crippen LogP contribution in [0.2, 0.25) is 0 Å². The predicted octanol–water partition coefficient (Wildman–Crippen LogP) is 3.87. The lowest BCUT2D eigenvalue weighted by Gasteiger charge is -2.25. The lowest BCUT2D eigenvalue weighted by atomic mass is 9.98. The lowest BCUT2D eigenvalue weighted by Crippen LogP contribution is -2.20. The molecular formula is C21H23N5O2. The van der Waals surface area contributed by atoms with Gasteiger partial charge in [-0.3, -0.25) is 0 Å². The molecule has 4 rings (SSSR count). The van der Waals surface area contributed by atoms with Gasteiger partial charge in [0.2, 0.25) is 5.95 Å². The third kappa shape index (κ3) is 3.19. The number of ether oxygens (including phenoxy) is 2. The summed E-state index contributed by atoms with van der Waals surface area (Å²) < 4.78 is 12.7. The van der Waals surface area contributed by atoms with Crippen molar-refractivity contribution in [3.05, 3.63) is 65.2 Å². The van der Waals surface area contributed by atoms with Crippen molar-refractivity contribution in [3.8, 4) is 11.5 Å². The molecule has 144 valence electrons. The Morgan fingerprint density at radius 2 is 1.82 bits per heavy atom. The minimum atomic E-state index is -0.226. The topological polar surface area (TPSA) is 74.1 Å². The van der Waals surface area contributed by atoms with Crippen LogP contribution in [0.3, 0.4) is 0 Å². The fourth-order valence-corrected chi connectivity index (χ4v) is 3.36. The summed E-state index contributed by atoms with van der Waals surface area (Å²) in [6, 6.07) is 14.0. The molecule has 0 saturated heterocycles. The number of benzene rings is 2. The Hall–Kier alpha value is -3.35. The number of nitrogens with one attached hydrogen (secondary N) is 1. The fraction of sp³-hybridized carbons (Fsp3) is 0.286. The zero-order valence-corrected chi connectivity index (χ0v) is 16.4. The molecule has 28 heavy (non-hydrogen) atoms. The van der Waals surface area contributed by atoms with Crippen LogP contribution < -0.4 is 14.8 Å². The Bertz CT molecular complexity index is 1010. The van der Waals surface area contributed by atoms with Crippen LogP contribution in [-0.4, -0.2) is 34.4 Å². The minimum Gasteiger partial charge on any atom is -0.497 e. The standard InChI is InChI=1S/C21H23N5O2/c1-13(2)14-5-7-15(8-6-14)18-12-19(26-21(22-18)23-24-25-26)17-11-16(27-3)9-10-20(17)28-4/h5-13,19H,1-4H3,(H,22,23,25). The first kappa shape index (κ1) is 18.0. The maximum atomic E-state index is 5.59. The lowest BCUT2D eigenvalue weighted by molar-refractivity contribution is 0.393. The average molecular weight is 377 g/mol. The van der Waals surface area contributed by atoms with Gasteiger partial charge in [-0.05, 0) is 51.7 Å². The van der Waals surface area contributed by atoms with E-state index < -0.39 is 0 Å². The maximum absolute atomic E-state index is 5.59. The number of rotatable bonds is 5. The molecule has 0 bridgehead atoms. The minimum absolute atomic E-state index is 0.226. The van der Waals surface area contributed by atoms with E-state index in [0.29, 0.717) is 11.9 Å². The number of nitrogens with zero attached hydrogens (tertiary/aromatic N) is 4. The summed E-state index contributed by atoms with van der Waals surface area (Å²) in [5, 5.41) is 15.5. The molecule has 3 aromatic rings. The Morgan fingerprint density at radius 1 is 1.04 bits per heavy atom. The molecule has 2 aromatic carbocycles. The van der Waals surface area contributed by atoms with Crippen molar-refractivity contribution in [2.45, 2.75) is 25.8 Å². The van der Waals surface area contributed by atoms with E-state index in [1.165, 1.54) is 5.56 Å². The van der Waals surface area contributed by atoms with Gasteiger partial charge in [-0.2, -0.15) is 4.68 Å². The van der Waals surface area contributed by atoms with E-state index in [1.807, 2.05) is 18.2 Å². The molecule has 0 aliphatic carbocycles. The van der Waals surface area contributed by atoms with Gasteiger partial charge in [-0.25, -0.2) is 0 Å². The smallest absolute Gasteiger partial charge is 0.248 e. The molecule has 1 aliphatic heterocycles. The number of hydrogen-bond donors (Lipinski definition) is 1. The van der Waals surface area contributed by atoms with E-state index in [4.69, 9.17) is 9.47 Å². The summed E-state index contributed by atoms with van der Waals surface area (Å²) in [4.78, 5) is 0. The summed E-state index contributed by atoms with van der Waals surface area (Å²) in [6.45, 7) is 4.37. The van der Waals surface area contributed by atoms with Crippen molar-refractivity contribution < 1.29 is 9.47 Å². The zero-order chi connectivity index (χ0) is 19.7. The first-order chi connectivity index (χ1) is 13.6. The summed E-state index contributed by atoms with van der Waals surface area (Å²) in [5.41, 5.74) is 4.25. The van der Waals surface area contributed by atoms with Crippen molar-refractivity contribution in [2.75, 3.05) is 19.5 Å². The molecule has 7 nitrogen and oxygen atoms in total. The summed E-state index contributed by atoms with van der Waals surface area (Å²) in [7, 11) is 3.30. The SMILES string of the molecule is COc1ccc(OC)c(C2C=C(c3ccc(C(C)C)cc3)Nc3nnnn32)c1. The molecule has 0 spiro atoms. The number of anilines is 1. The molecule has 0 amide bonds. The molecule has 1 atom stereocenters. The third-order valence-electron chi connectivity index (χ3n) is 4.97. The highest BCUT2D eigenvalue weighted by atomic mass is 16.5. The van der Waals surface area contributed by atoms with Crippen LogP contribution in [0, 0.1) is 0 Å². The predicted molar refractivity (Wildman–Crippen MR) is 108 cm³/mol. The highest BCUT2D eigenvalue weighted by Gasteiger charge is 2.27. The normalized spacial score (nSPS) is 15.6. The zero-order valence-electron chi connectivity index (χ0n) is 16.4. The van der Waals surface area contributed by atoms with Crippen molar-refractivity contribution in [1.82, 2.24) is 20.2 Å². The van der Waals surface area contributed by atoms with E-state index in [0.717, 1.165) is 28.3 Å². The molecule has 1 N–H and O–H groups in total. The van der Waals surface area contributed by atoms with Crippen LogP contribution in [0.25, 0.3) is 5.70 Å². The van der Waals surface area contributed by atoms with Gasteiger partial charge in [0.15, 0.2) is 0 Å². The van der Waals surface area contributed by atoms with Gasteiger partial charge in [-0.1, -0.05) is 43.2 Å². The molecular weight excluding hydrogens is 354 g/mol. The number of allylic oxidation sites excluding steroid dienone is 1. The fourth-order valence-electron chi connectivity index (χ4n) is 3.36. The summed E-state index contributed by atoms with van der Waals surface area (Å²) in [6.07, 6.45) is 2.10. The van der Waals surface area contributed by atoms with Crippen molar-refractivity contribution in [2.24, 2.45) is 0 Å². The van der Waals surface area contributed by atoms with Crippen LogP contribution in [0.5, 0.6) is 11.5 Å². The first-order valence-electron chi connectivity index (χ1n) is 9.19. The largest absolute Gasteiger partial charge is 0.497 e. The van der Waals surface area contributed by atoms with Crippen molar-refractivity contribution in [1.29, 1.82) is 0 Å². The number of hydrogen-bond acceptors (Lipinski definition) is 6. The Kier molecular flexibility index (Phi) is 4.73. The van der Waals surface area contributed by atoms with Gasteiger partial charge >= 0.3 is 0 Å². The van der Waals surface area contributed by atoms with E-state index in [1.54, 1.807) is 18.9 Å². The van der Waals surface area contributed by atoms with E-state index in [2.05, 4.69) is 65.0 Å². The Morgan fingerprint density at radius 3 is 2.50 bits per heavy atom. The summed E-state index contributed by atoms with van der Waals surface area (Å²) in [5.74, 6) is 2.57. The molecule has 0 saturated carbocycles. The van der Waals surface area contributed by atoms with Crippen molar-refractivity contribution in [3.63, 3.8) is 0 Å². The quantitative estimate of drug-likeness (QED) is 0.728. The highest BCUT2D eigenvalue weighted by molar-refractivity contribution is 5.77. The molecule has 1 aliphatic rings. The van der Waals surface area contributed by atoms with Gasteiger partial charge in [0.1, 0.15) is 17.5 Å². The molecule has 1 aromatic heterocycles. The van der Waals surface area contributed by atoms with E-state index in [-0.39, 0.29) is 6.04 Å². The molecule has 7 heteroatoms. The highest BCUT2D eigenvalue weighted by Crippen LogP contribution is 2.37. The second-order valence-corrected chi connectivity index (χ2v) is 6.98. The van der Waals surface area contributed by atoms with Crippen LogP contribution in [0.4, 0.5) is 5.95 Å². The molecule has 1 unspecified atom stereocenters. The second kappa shape index (κ2) is 7.34. The molecule has 0 radical (unpaired) electrons. The van der Waals surface area contributed by atoms with Crippen LogP contribution in [-0.2, 0) is 0 Å². The van der Waals surface area contributed by atoms with Crippen LogP contribution >= 0.6 is 0 Å². The van der Waals surface area contributed by atoms with Crippen molar-refractivity contribution >= 4 is 11.6 Å². The molecule has 2 heterocycles. The van der Waals surface area contributed by atoms with Gasteiger partial charge in [-0.15, -0.1) is 0 Å². The number of methoxy groups -OCH3 is 2. The maximum Gasteiger partial charge on any atom is 0.248 e. The monoisotopic (exact) mass is 377 g/mol. The van der Waals surface area contributed by atoms with Gasteiger partial charge in [0.05, 0.1) is 14.2 Å². The van der Waals surface area contributed by atoms with Gasteiger partial charge < -0.3 is 14.8 Å². The van der Waals surface area contributed by atoms with Crippen LogP contribution in [0.1, 0.15) is 42.5 Å². The summed E-state index contributed by atoms with van der Waals surface area (Å²) >= 11 is 0. The third-order valence-corrected chi connectivity index (χ3v) is 4.97. The number of tetrazole rings is 1. The Labute approximate surface area is 164 Å². The number of fused-ring (bicyclic) bond motifs is 1. The van der Waals surface area contributed by atoms with E-state index >= 15 is 0 Å². The van der Waals surface area contributed by atoms with Crippen LogP contribution in [0.15, 0.2) is 48.5 Å². The van der Waals surface area contributed by atoms with Gasteiger partial charge in [0, 0.05) is 11.3 Å². The Balaban J connectivity index is 1.80. The van der Waals surface area contributed by atoms with E-state index in [9.17, 15) is 0 Å². The second-order valence-electron chi connectivity index (χ2n) is 6.98. The van der Waals surface area contributed by atoms with Gasteiger partial charge in [0.25, 0.3) is 0 Å². The number of aromatic nitrogens is 4. The molecule has 0 fully saturated rings. The average Bonchev–Trinajstić information content (AvgIpc) is 3.21.